The van der Waals surface area contributed by atoms with Gasteiger partial charge in [-0.2, -0.15) is 0 Å². The second-order valence-electron chi connectivity index (χ2n) is 10.2. The van der Waals surface area contributed by atoms with E-state index < -0.39 is 0 Å². The molecule has 1 fully saturated rings. The van der Waals surface area contributed by atoms with E-state index in [9.17, 15) is 9.59 Å². The largest absolute Gasteiger partial charge is 0.465 e. The first-order valence-corrected chi connectivity index (χ1v) is 12.7. The molecule has 0 unspecified atom stereocenters. The maximum atomic E-state index is 13.7. The van der Waals surface area contributed by atoms with Gasteiger partial charge in [-0.25, -0.2) is 4.79 Å². The van der Waals surface area contributed by atoms with Crippen molar-refractivity contribution < 1.29 is 14.3 Å². The molecule has 6 heteroatoms. The lowest BCUT2D eigenvalue weighted by atomic mass is 9.81. The number of amides is 1. The number of benzene rings is 2. The smallest absolute Gasteiger partial charge is 0.337 e. The molecule has 0 atom stereocenters. The molecule has 1 amide bonds. The second kappa shape index (κ2) is 9.86. The van der Waals surface area contributed by atoms with Crippen LogP contribution in [0.3, 0.4) is 0 Å². The number of hydrogen-bond donors (Lipinski definition) is 0. The average molecular weight is 474 g/mol. The van der Waals surface area contributed by atoms with Crippen LogP contribution in [0.4, 0.5) is 0 Å². The van der Waals surface area contributed by atoms with Crippen molar-refractivity contribution in [3.8, 4) is 11.3 Å². The number of carbonyl (C=O) groups excluding carboxylic acids is 2. The molecule has 1 aromatic heterocycles. The highest BCUT2D eigenvalue weighted by Gasteiger charge is 2.31. The molecule has 2 aromatic carbocycles. The minimum atomic E-state index is -0.355. The Kier molecular flexibility index (Phi) is 6.65. The Morgan fingerprint density at radius 3 is 2.57 bits per heavy atom. The molecule has 1 saturated carbocycles. The first kappa shape index (κ1) is 23.6. The summed E-state index contributed by atoms with van der Waals surface area (Å²) < 4.78 is 7.19. The Balaban J connectivity index is 1.75. The number of likely N-dealkylation sites (N-methyl/N-ethyl adjacent to an activating group) is 1. The van der Waals surface area contributed by atoms with Gasteiger partial charge >= 0.3 is 5.97 Å². The van der Waals surface area contributed by atoms with Gasteiger partial charge in [0.25, 0.3) is 0 Å². The van der Waals surface area contributed by atoms with Crippen LogP contribution >= 0.6 is 0 Å². The maximum Gasteiger partial charge on any atom is 0.337 e. The van der Waals surface area contributed by atoms with E-state index in [0.717, 1.165) is 36.0 Å². The van der Waals surface area contributed by atoms with Gasteiger partial charge < -0.3 is 19.1 Å². The Bertz CT molecular complexity index is 1250. The summed E-state index contributed by atoms with van der Waals surface area (Å²) >= 11 is 0. The molecule has 1 aliphatic carbocycles. The van der Waals surface area contributed by atoms with E-state index in [4.69, 9.17) is 4.74 Å². The van der Waals surface area contributed by atoms with Crippen molar-refractivity contribution >= 4 is 22.8 Å². The van der Waals surface area contributed by atoms with E-state index in [1.807, 2.05) is 31.1 Å². The minimum absolute atomic E-state index is 0.109. The van der Waals surface area contributed by atoms with Crippen LogP contribution in [-0.2, 0) is 22.6 Å². The second-order valence-corrected chi connectivity index (χ2v) is 10.2. The zero-order valence-electron chi connectivity index (χ0n) is 21.0. The molecule has 2 heterocycles. The molecule has 3 aromatic rings. The third-order valence-corrected chi connectivity index (χ3v) is 7.64. The lowest BCUT2D eigenvalue weighted by molar-refractivity contribution is -0.132. The van der Waals surface area contributed by atoms with Gasteiger partial charge in [0.15, 0.2) is 0 Å². The van der Waals surface area contributed by atoms with Gasteiger partial charge in [-0.05, 0) is 56.1 Å². The molecule has 5 rings (SSSR count). The molecule has 35 heavy (non-hydrogen) atoms. The van der Waals surface area contributed by atoms with Crippen molar-refractivity contribution in [2.75, 3.05) is 34.3 Å². The number of ether oxygens (including phenoxy) is 1. The van der Waals surface area contributed by atoms with E-state index in [-0.39, 0.29) is 18.4 Å². The van der Waals surface area contributed by atoms with Crippen molar-refractivity contribution in [2.45, 2.75) is 51.1 Å². The van der Waals surface area contributed by atoms with Gasteiger partial charge in [0.2, 0.25) is 5.91 Å². The van der Waals surface area contributed by atoms with E-state index in [0.29, 0.717) is 24.6 Å². The Morgan fingerprint density at radius 1 is 1.06 bits per heavy atom. The topological polar surface area (TPSA) is 54.8 Å². The Morgan fingerprint density at radius 2 is 1.83 bits per heavy atom. The SMILES string of the molecule is COC(=O)c1ccc2c(C3CCCCC3)c3n(c2c1)CC(=O)N(CCN(C)C)Cc1ccccc1-3. The number of hydrogen-bond acceptors (Lipinski definition) is 4. The standard InChI is InChI=1S/C29H35N3O3/c1-30(2)15-16-31-18-22-11-7-8-12-23(22)28-27(20-9-5-4-6-10-20)24-14-13-21(29(34)35-3)17-25(24)32(28)19-26(31)33/h7-8,11-14,17,20H,4-6,9-10,15-16,18-19H2,1-3H3. The fourth-order valence-corrected chi connectivity index (χ4v) is 5.82. The quantitative estimate of drug-likeness (QED) is 0.487. The van der Waals surface area contributed by atoms with Crippen molar-refractivity contribution in [2.24, 2.45) is 0 Å². The Labute approximate surface area is 207 Å². The zero-order valence-corrected chi connectivity index (χ0v) is 21.0. The van der Waals surface area contributed by atoms with Crippen molar-refractivity contribution in [1.29, 1.82) is 0 Å². The van der Waals surface area contributed by atoms with Crippen LogP contribution in [0.1, 0.15) is 59.5 Å². The van der Waals surface area contributed by atoms with Crippen LogP contribution < -0.4 is 0 Å². The summed E-state index contributed by atoms with van der Waals surface area (Å²) in [7, 11) is 5.47. The molecule has 1 aliphatic heterocycles. The number of aromatic nitrogens is 1. The van der Waals surface area contributed by atoms with Gasteiger partial charge in [-0.15, -0.1) is 0 Å². The number of methoxy groups -OCH3 is 1. The first-order valence-electron chi connectivity index (χ1n) is 12.7. The molecular formula is C29H35N3O3. The molecule has 6 nitrogen and oxygen atoms in total. The lowest BCUT2D eigenvalue weighted by Crippen LogP contribution is -2.39. The fourth-order valence-electron chi connectivity index (χ4n) is 5.82. The first-order chi connectivity index (χ1) is 17.0. The normalized spacial score (nSPS) is 16.7. The van der Waals surface area contributed by atoms with Crippen LogP contribution in [0.15, 0.2) is 42.5 Å². The van der Waals surface area contributed by atoms with E-state index in [1.54, 1.807) is 0 Å². The molecule has 0 radical (unpaired) electrons. The molecular weight excluding hydrogens is 438 g/mol. The highest BCUT2D eigenvalue weighted by Crippen LogP contribution is 2.45. The zero-order chi connectivity index (χ0) is 24.5. The highest BCUT2D eigenvalue weighted by atomic mass is 16.5. The van der Waals surface area contributed by atoms with Crippen LogP contribution in [0.25, 0.3) is 22.2 Å². The summed E-state index contributed by atoms with van der Waals surface area (Å²) in [6.45, 7) is 2.37. The average Bonchev–Trinajstić information content (AvgIpc) is 3.18. The predicted molar refractivity (Wildman–Crippen MR) is 139 cm³/mol. The molecule has 0 saturated heterocycles. The van der Waals surface area contributed by atoms with Gasteiger partial charge in [0.05, 0.1) is 23.9 Å². The summed E-state index contributed by atoms with van der Waals surface area (Å²) in [4.78, 5) is 30.1. The summed E-state index contributed by atoms with van der Waals surface area (Å²) in [5.74, 6) is 0.212. The number of fused-ring (bicyclic) bond motifs is 5. The molecule has 184 valence electrons. The predicted octanol–water partition coefficient (Wildman–Crippen LogP) is 5.05. The van der Waals surface area contributed by atoms with Gasteiger partial charge in [0, 0.05) is 30.6 Å². The number of nitrogens with zero attached hydrogens (tertiary/aromatic N) is 3. The highest BCUT2D eigenvalue weighted by molar-refractivity contribution is 6.00. The third kappa shape index (κ3) is 4.47. The number of carbonyl (C=O) groups is 2. The lowest BCUT2D eigenvalue weighted by Gasteiger charge is -2.30. The van der Waals surface area contributed by atoms with Crippen LogP contribution in [0.5, 0.6) is 0 Å². The van der Waals surface area contributed by atoms with Gasteiger partial charge in [0.1, 0.15) is 6.54 Å². The van der Waals surface area contributed by atoms with Crippen LogP contribution in [0.2, 0.25) is 0 Å². The van der Waals surface area contributed by atoms with Crippen molar-refractivity contribution in [3.05, 3.63) is 59.2 Å². The number of rotatable bonds is 5. The molecule has 0 spiro atoms. The van der Waals surface area contributed by atoms with Crippen LogP contribution in [0, 0.1) is 0 Å². The summed E-state index contributed by atoms with van der Waals surface area (Å²) in [5.41, 5.74) is 6.34. The van der Waals surface area contributed by atoms with Gasteiger partial charge in [-0.1, -0.05) is 49.6 Å². The van der Waals surface area contributed by atoms with E-state index in [1.165, 1.54) is 43.1 Å². The third-order valence-electron chi connectivity index (χ3n) is 7.64. The van der Waals surface area contributed by atoms with Crippen LogP contribution in [-0.4, -0.2) is 60.5 Å². The molecule has 2 aliphatic rings. The monoisotopic (exact) mass is 473 g/mol. The minimum Gasteiger partial charge on any atom is -0.465 e. The van der Waals surface area contributed by atoms with Gasteiger partial charge in [-0.3, -0.25) is 4.79 Å². The Hall–Kier alpha value is -3.12. The van der Waals surface area contributed by atoms with E-state index >= 15 is 0 Å². The van der Waals surface area contributed by atoms with Crippen molar-refractivity contribution in [1.82, 2.24) is 14.4 Å². The summed E-state index contributed by atoms with van der Waals surface area (Å²) in [5, 5.41) is 1.16. The maximum absolute atomic E-state index is 13.7. The van der Waals surface area contributed by atoms with E-state index in [2.05, 4.69) is 39.8 Å². The van der Waals surface area contributed by atoms with Crippen molar-refractivity contribution in [3.63, 3.8) is 0 Å². The molecule has 0 N–H and O–H groups in total. The summed E-state index contributed by atoms with van der Waals surface area (Å²) in [6.07, 6.45) is 6.07. The summed E-state index contributed by atoms with van der Waals surface area (Å²) in [6, 6.07) is 14.4. The fraction of sp³-hybridized carbons (Fsp3) is 0.448. The molecule has 0 bridgehead atoms. The number of esters is 1.